The molecule has 0 saturated carbocycles. The Morgan fingerprint density at radius 2 is 1.86 bits per heavy atom. The topological polar surface area (TPSA) is 20.3 Å². The third-order valence-electron chi connectivity index (χ3n) is 3.68. The van der Waals surface area contributed by atoms with Crippen LogP contribution in [0, 0.1) is 0 Å². The van der Waals surface area contributed by atoms with E-state index in [9.17, 15) is 4.79 Å². The van der Waals surface area contributed by atoms with Crippen LogP contribution < -0.4 is 0 Å². The molecule has 2 nitrogen and oxygen atoms in total. The van der Waals surface area contributed by atoms with Crippen molar-refractivity contribution in [2.45, 2.75) is 46.0 Å². The van der Waals surface area contributed by atoms with Gasteiger partial charge in [-0.1, -0.05) is 82.4 Å². The van der Waals surface area contributed by atoms with Crippen molar-refractivity contribution in [3.05, 3.63) is 40.3 Å². The fourth-order valence-electron chi connectivity index (χ4n) is 2.24. The predicted molar refractivity (Wildman–Crippen MR) is 99.9 cm³/mol. The lowest BCUT2D eigenvalue weighted by Gasteiger charge is -2.18. The minimum Gasteiger partial charge on any atom is -0.293 e. The first kappa shape index (κ1) is 17.2. The molecular formula is C18H23NOS2. The second-order valence-electron chi connectivity index (χ2n) is 6.56. The van der Waals surface area contributed by atoms with Gasteiger partial charge in [0.15, 0.2) is 0 Å². The van der Waals surface area contributed by atoms with Crippen molar-refractivity contribution in [3.63, 3.8) is 0 Å². The van der Waals surface area contributed by atoms with Gasteiger partial charge in [0.2, 0.25) is 0 Å². The second kappa shape index (κ2) is 6.97. The number of hydrogen-bond donors (Lipinski definition) is 0. The van der Waals surface area contributed by atoms with E-state index in [1.165, 1.54) is 17.3 Å². The average Bonchev–Trinajstić information content (AvgIpc) is 2.71. The van der Waals surface area contributed by atoms with E-state index in [1.54, 1.807) is 4.90 Å². The van der Waals surface area contributed by atoms with Crippen molar-refractivity contribution in [3.8, 4) is 0 Å². The molecule has 1 amide bonds. The summed E-state index contributed by atoms with van der Waals surface area (Å²) in [4.78, 5) is 14.8. The maximum Gasteiger partial charge on any atom is 0.266 e. The predicted octanol–water partition coefficient (Wildman–Crippen LogP) is 4.99. The Kier molecular flexibility index (Phi) is 5.45. The van der Waals surface area contributed by atoms with Crippen LogP contribution in [-0.4, -0.2) is 21.7 Å². The van der Waals surface area contributed by atoms with Gasteiger partial charge in [0.1, 0.15) is 4.32 Å². The van der Waals surface area contributed by atoms with Gasteiger partial charge in [-0.05, 0) is 29.0 Å². The summed E-state index contributed by atoms with van der Waals surface area (Å²) >= 11 is 6.73. The number of thioether (sulfide) groups is 1. The molecule has 0 N–H and O–H groups in total. The van der Waals surface area contributed by atoms with Crippen molar-refractivity contribution in [2.75, 3.05) is 6.54 Å². The van der Waals surface area contributed by atoms with Gasteiger partial charge in [-0.3, -0.25) is 9.69 Å². The summed E-state index contributed by atoms with van der Waals surface area (Å²) in [5, 5.41) is 0. The van der Waals surface area contributed by atoms with Gasteiger partial charge >= 0.3 is 0 Å². The summed E-state index contributed by atoms with van der Waals surface area (Å²) in [6.07, 6.45) is 3.99. The average molecular weight is 334 g/mol. The van der Waals surface area contributed by atoms with Gasteiger partial charge in [0, 0.05) is 6.54 Å². The largest absolute Gasteiger partial charge is 0.293 e. The molecule has 4 heteroatoms. The lowest BCUT2D eigenvalue weighted by molar-refractivity contribution is -0.122. The van der Waals surface area contributed by atoms with E-state index < -0.39 is 0 Å². The molecule has 2 rings (SSSR count). The first-order valence-corrected chi connectivity index (χ1v) is 8.91. The maximum atomic E-state index is 12.4. The highest BCUT2D eigenvalue weighted by Gasteiger charge is 2.31. The smallest absolute Gasteiger partial charge is 0.266 e. The van der Waals surface area contributed by atoms with Gasteiger partial charge < -0.3 is 0 Å². The van der Waals surface area contributed by atoms with Crippen LogP contribution in [0.25, 0.3) is 6.08 Å². The van der Waals surface area contributed by atoms with Crippen molar-refractivity contribution in [1.82, 2.24) is 4.90 Å². The molecule has 1 fully saturated rings. The molecule has 22 heavy (non-hydrogen) atoms. The Morgan fingerprint density at radius 1 is 1.23 bits per heavy atom. The number of nitrogens with zero attached hydrogens (tertiary/aromatic N) is 1. The minimum absolute atomic E-state index is 0.0448. The van der Waals surface area contributed by atoms with E-state index in [1.807, 2.05) is 6.08 Å². The molecule has 0 aromatic heterocycles. The third kappa shape index (κ3) is 3.99. The SMILES string of the molecule is CCCCN1C(=O)/C(=C/c2ccc(C(C)(C)C)cc2)SC1=S. The number of carbonyl (C=O) groups is 1. The van der Waals surface area contributed by atoms with E-state index in [2.05, 4.69) is 52.0 Å². The minimum atomic E-state index is 0.0448. The van der Waals surface area contributed by atoms with Crippen LogP contribution >= 0.6 is 24.0 Å². The number of benzene rings is 1. The molecule has 0 atom stereocenters. The number of thiocarbonyl (C=S) groups is 1. The first-order chi connectivity index (χ1) is 10.3. The van der Waals surface area contributed by atoms with Crippen LogP contribution in [0.15, 0.2) is 29.2 Å². The molecule has 1 aromatic rings. The quantitative estimate of drug-likeness (QED) is 0.572. The van der Waals surface area contributed by atoms with Gasteiger partial charge in [0.05, 0.1) is 4.91 Å². The Bertz CT molecular complexity index is 597. The summed E-state index contributed by atoms with van der Waals surface area (Å²) in [5.41, 5.74) is 2.48. The zero-order valence-corrected chi connectivity index (χ0v) is 15.3. The molecular weight excluding hydrogens is 310 g/mol. The monoisotopic (exact) mass is 333 g/mol. The molecule has 0 spiro atoms. The van der Waals surface area contributed by atoms with E-state index in [4.69, 9.17) is 12.2 Å². The van der Waals surface area contributed by atoms with Crippen molar-refractivity contribution in [2.24, 2.45) is 0 Å². The van der Waals surface area contributed by atoms with E-state index in [0.717, 1.165) is 29.9 Å². The van der Waals surface area contributed by atoms with E-state index >= 15 is 0 Å². The summed E-state index contributed by atoms with van der Waals surface area (Å²) in [6.45, 7) is 9.42. The van der Waals surface area contributed by atoms with Crippen LogP contribution in [0.5, 0.6) is 0 Å². The molecule has 0 unspecified atom stereocenters. The molecule has 1 aromatic carbocycles. The number of unbranched alkanes of at least 4 members (excludes halogenated alkanes) is 1. The Labute approximate surface area is 143 Å². The third-order valence-corrected chi connectivity index (χ3v) is 5.06. The van der Waals surface area contributed by atoms with Crippen molar-refractivity contribution in [1.29, 1.82) is 0 Å². The van der Waals surface area contributed by atoms with Gasteiger partial charge in [0.25, 0.3) is 5.91 Å². The van der Waals surface area contributed by atoms with Gasteiger partial charge in [-0.15, -0.1) is 0 Å². The summed E-state index contributed by atoms with van der Waals surface area (Å²) < 4.78 is 0.677. The molecule has 1 saturated heterocycles. The van der Waals surface area contributed by atoms with Crippen LogP contribution in [0.2, 0.25) is 0 Å². The molecule has 0 radical (unpaired) electrons. The Balaban J connectivity index is 2.16. The van der Waals surface area contributed by atoms with Crippen LogP contribution in [-0.2, 0) is 10.2 Å². The van der Waals surface area contributed by atoms with E-state index in [-0.39, 0.29) is 11.3 Å². The highest BCUT2D eigenvalue weighted by Crippen LogP contribution is 2.33. The fraction of sp³-hybridized carbons (Fsp3) is 0.444. The van der Waals surface area contributed by atoms with Crippen molar-refractivity contribution >= 4 is 40.3 Å². The maximum absolute atomic E-state index is 12.4. The Morgan fingerprint density at radius 3 is 2.41 bits per heavy atom. The number of amides is 1. The molecule has 1 aliphatic rings. The lowest BCUT2D eigenvalue weighted by atomic mass is 9.87. The first-order valence-electron chi connectivity index (χ1n) is 7.69. The summed E-state index contributed by atoms with van der Waals surface area (Å²) in [7, 11) is 0. The van der Waals surface area contributed by atoms with Crippen LogP contribution in [0.3, 0.4) is 0 Å². The fourth-order valence-corrected chi connectivity index (χ4v) is 3.55. The van der Waals surface area contributed by atoms with E-state index in [0.29, 0.717) is 4.32 Å². The molecule has 0 bridgehead atoms. The highest BCUT2D eigenvalue weighted by molar-refractivity contribution is 8.26. The highest BCUT2D eigenvalue weighted by atomic mass is 32.2. The van der Waals surface area contributed by atoms with Crippen LogP contribution in [0.1, 0.15) is 51.7 Å². The second-order valence-corrected chi connectivity index (χ2v) is 8.23. The lowest BCUT2D eigenvalue weighted by Crippen LogP contribution is -2.28. The number of hydrogen-bond acceptors (Lipinski definition) is 3. The van der Waals surface area contributed by atoms with Gasteiger partial charge in [-0.25, -0.2) is 0 Å². The normalized spacial score (nSPS) is 17.6. The zero-order chi connectivity index (χ0) is 16.3. The molecule has 118 valence electrons. The standard InChI is InChI=1S/C18H23NOS2/c1-5-6-11-19-16(20)15(22-17(19)21)12-13-7-9-14(10-8-13)18(2,3)4/h7-10,12H,5-6,11H2,1-4H3/b15-12-. The number of carbonyl (C=O) groups excluding carboxylic acids is 1. The molecule has 0 aliphatic carbocycles. The van der Waals surface area contributed by atoms with Gasteiger partial charge in [-0.2, -0.15) is 0 Å². The molecule has 1 heterocycles. The van der Waals surface area contributed by atoms with Crippen LogP contribution in [0.4, 0.5) is 0 Å². The Hall–Kier alpha value is -1.13. The summed E-state index contributed by atoms with van der Waals surface area (Å²) in [5.74, 6) is 0.0448. The number of rotatable bonds is 4. The zero-order valence-electron chi connectivity index (χ0n) is 13.7. The molecule has 1 aliphatic heterocycles. The van der Waals surface area contributed by atoms with Crippen molar-refractivity contribution < 1.29 is 4.79 Å². The summed E-state index contributed by atoms with van der Waals surface area (Å²) in [6, 6.07) is 8.39.